The van der Waals surface area contributed by atoms with Gasteiger partial charge in [0.25, 0.3) is 0 Å². The van der Waals surface area contributed by atoms with Gasteiger partial charge in [-0.3, -0.25) is 4.98 Å². The van der Waals surface area contributed by atoms with E-state index in [-0.39, 0.29) is 29.8 Å². The number of rotatable bonds is 9. The first kappa shape index (κ1) is 31.4. The van der Waals surface area contributed by atoms with E-state index >= 15 is 0 Å². The van der Waals surface area contributed by atoms with Gasteiger partial charge >= 0.3 is 12.1 Å². The van der Waals surface area contributed by atoms with Gasteiger partial charge < -0.3 is 18.9 Å². The molecular formula is C30H28Cl2F3N5O5. The van der Waals surface area contributed by atoms with Crippen LogP contribution in [0.5, 0.6) is 0 Å². The third-order valence-corrected chi connectivity index (χ3v) is 9.40. The maximum absolute atomic E-state index is 13.4. The minimum atomic E-state index is -4.85. The SMILES string of the molecule is CCC1(OCc2c(-c3c(Cl)cncc3Cl)noc2C2CC2)CCC(C)(c2nc(-c3cc(C(=O)O)nc(C(F)(F)F)c3)no2)CC1. The normalized spacial score (nSPS) is 22.1. The second kappa shape index (κ2) is 11.7. The van der Waals surface area contributed by atoms with E-state index in [2.05, 4.69) is 32.2 Å². The molecule has 0 unspecified atom stereocenters. The summed E-state index contributed by atoms with van der Waals surface area (Å²) in [5, 5.41) is 18.2. The minimum absolute atomic E-state index is 0.147. The fourth-order valence-electron chi connectivity index (χ4n) is 5.76. The van der Waals surface area contributed by atoms with E-state index in [0.717, 1.165) is 36.7 Å². The first-order valence-corrected chi connectivity index (χ1v) is 15.2. The molecule has 1 N–H and O–H groups in total. The molecule has 0 saturated heterocycles. The van der Waals surface area contributed by atoms with E-state index in [1.54, 1.807) is 0 Å². The van der Waals surface area contributed by atoms with Crippen molar-refractivity contribution >= 4 is 29.2 Å². The summed E-state index contributed by atoms with van der Waals surface area (Å²) in [6.45, 7) is 4.25. The van der Waals surface area contributed by atoms with Gasteiger partial charge in [-0.1, -0.05) is 47.4 Å². The third-order valence-electron chi connectivity index (χ3n) is 8.82. The van der Waals surface area contributed by atoms with Crippen LogP contribution in [0.2, 0.25) is 10.0 Å². The molecule has 4 aromatic heterocycles. The van der Waals surface area contributed by atoms with E-state index in [0.29, 0.717) is 53.1 Å². The highest BCUT2D eigenvalue weighted by Crippen LogP contribution is 2.49. The molecule has 0 spiro atoms. The molecule has 0 atom stereocenters. The molecule has 2 aliphatic rings. The van der Waals surface area contributed by atoms with Crippen LogP contribution in [-0.2, 0) is 22.9 Å². The number of hydrogen-bond acceptors (Lipinski definition) is 9. The highest BCUT2D eigenvalue weighted by Gasteiger charge is 2.45. The minimum Gasteiger partial charge on any atom is -0.477 e. The summed E-state index contributed by atoms with van der Waals surface area (Å²) >= 11 is 12.9. The van der Waals surface area contributed by atoms with Crippen LogP contribution in [0.4, 0.5) is 13.2 Å². The van der Waals surface area contributed by atoms with Crippen molar-refractivity contribution in [1.29, 1.82) is 0 Å². The predicted molar refractivity (Wildman–Crippen MR) is 155 cm³/mol. The number of ether oxygens (including phenoxy) is 1. The van der Waals surface area contributed by atoms with Gasteiger partial charge in [-0.2, -0.15) is 18.2 Å². The molecule has 238 valence electrons. The number of aromatic nitrogens is 5. The number of carboxylic acids is 1. The Bertz CT molecular complexity index is 1730. The zero-order valence-electron chi connectivity index (χ0n) is 24.2. The van der Waals surface area contributed by atoms with Crippen molar-refractivity contribution < 1.29 is 36.9 Å². The monoisotopic (exact) mass is 665 g/mol. The number of nitrogens with zero attached hydrogens (tertiary/aromatic N) is 5. The van der Waals surface area contributed by atoms with Gasteiger partial charge in [0.15, 0.2) is 0 Å². The number of pyridine rings is 2. The number of aromatic carboxylic acids is 1. The fourth-order valence-corrected chi connectivity index (χ4v) is 6.30. The predicted octanol–water partition coefficient (Wildman–Crippen LogP) is 8.28. The summed E-state index contributed by atoms with van der Waals surface area (Å²) < 4.78 is 58.2. The number of alkyl halides is 3. The molecule has 4 heterocycles. The Hall–Kier alpha value is -3.55. The van der Waals surface area contributed by atoms with Gasteiger partial charge in [0.1, 0.15) is 22.8 Å². The average molecular weight is 666 g/mol. The van der Waals surface area contributed by atoms with Crippen LogP contribution >= 0.6 is 23.2 Å². The molecule has 4 aromatic rings. The average Bonchev–Trinajstić information content (AvgIpc) is 3.56. The Morgan fingerprint density at radius 2 is 1.76 bits per heavy atom. The van der Waals surface area contributed by atoms with E-state index in [4.69, 9.17) is 37.0 Å². The number of carbonyl (C=O) groups is 1. The second-order valence-corrected chi connectivity index (χ2v) is 12.7. The Labute approximate surface area is 265 Å². The zero-order valence-corrected chi connectivity index (χ0v) is 25.8. The van der Waals surface area contributed by atoms with Crippen LogP contribution < -0.4 is 0 Å². The molecule has 0 amide bonds. The first-order valence-electron chi connectivity index (χ1n) is 14.4. The molecule has 2 aliphatic carbocycles. The molecule has 2 saturated carbocycles. The van der Waals surface area contributed by atoms with Crippen molar-refractivity contribution in [2.75, 3.05) is 0 Å². The van der Waals surface area contributed by atoms with Gasteiger partial charge in [-0.25, -0.2) is 9.78 Å². The first-order chi connectivity index (χ1) is 21.3. The maximum Gasteiger partial charge on any atom is 0.433 e. The molecule has 45 heavy (non-hydrogen) atoms. The van der Waals surface area contributed by atoms with Crippen molar-refractivity contribution in [2.45, 2.75) is 88.5 Å². The second-order valence-electron chi connectivity index (χ2n) is 11.9. The van der Waals surface area contributed by atoms with Crippen molar-refractivity contribution in [2.24, 2.45) is 0 Å². The van der Waals surface area contributed by atoms with Crippen molar-refractivity contribution in [3.8, 4) is 22.6 Å². The topological polar surface area (TPSA) is 137 Å². The third kappa shape index (κ3) is 6.17. The number of hydrogen-bond donors (Lipinski definition) is 1. The van der Waals surface area contributed by atoms with Crippen LogP contribution in [0.1, 0.15) is 98.1 Å². The Morgan fingerprint density at radius 3 is 2.36 bits per heavy atom. The Morgan fingerprint density at radius 1 is 1.07 bits per heavy atom. The number of halogens is 5. The smallest absolute Gasteiger partial charge is 0.433 e. The van der Waals surface area contributed by atoms with Crippen molar-refractivity contribution in [1.82, 2.24) is 25.3 Å². The fraction of sp³-hybridized carbons (Fsp3) is 0.467. The highest BCUT2D eigenvalue weighted by molar-refractivity contribution is 6.38. The van der Waals surface area contributed by atoms with E-state index in [1.165, 1.54) is 12.4 Å². The zero-order chi connectivity index (χ0) is 32.1. The van der Waals surface area contributed by atoms with Crippen molar-refractivity contribution in [3.63, 3.8) is 0 Å². The Kier molecular flexibility index (Phi) is 8.15. The summed E-state index contributed by atoms with van der Waals surface area (Å²) in [7, 11) is 0. The van der Waals surface area contributed by atoms with Crippen LogP contribution in [0, 0.1) is 0 Å². The summed E-state index contributed by atoms with van der Waals surface area (Å²) in [6.07, 6.45) is 3.36. The molecule has 0 bridgehead atoms. The van der Waals surface area contributed by atoms with Gasteiger partial charge in [0.05, 0.1) is 22.3 Å². The van der Waals surface area contributed by atoms with Gasteiger partial charge in [-0.15, -0.1) is 0 Å². The van der Waals surface area contributed by atoms with Gasteiger partial charge in [-0.05, 0) is 57.1 Å². The van der Waals surface area contributed by atoms with Crippen LogP contribution in [0.15, 0.2) is 33.6 Å². The van der Waals surface area contributed by atoms with Crippen LogP contribution in [-0.4, -0.2) is 41.9 Å². The summed E-state index contributed by atoms with van der Waals surface area (Å²) in [5.74, 6) is -0.455. The van der Waals surface area contributed by atoms with Crippen LogP contribution in [0.3, 0.4) is 0 Å². The Balaban J connectivity index is 1.21. The largest absolute Gasteiger partial charge is 0.477 e. The van der Waals surface area contributed by atoms with E-state index in [9.17, 15) is 23.1 Å². The maximum atomic E-state index is 13.4. The lowest BCUT2D eigenvalue weighted by Gasteiger charge is -2.43. The molecule has 10 nitrogen and oxygen atoms in total. The van der Waals surface area contributed by atoms with Crippen molar-refractivity contribution in [3.05, 3.63) is 63.2 Å². The summed E-state index contributed by atoms with van der Waals surface area (Å²) in [4.78, 5) is 23.1. The van der Waals surface area contributed by atoms with Gasteiger partial charge in [0, 0.05) is 40.4 Å². The van der Waals surface area contributed by atoms with E-state index in [1.807, 2.05) is 6.92 Å². The lowest BCUT2D eigenvalue weighted by atomic mass is 9.68. The molecule has 0 radical (unpaired) electrons. The standard InChI is InChI=1S/C30H28Cl2F3N5O5/c1-3-29(43-14-17-23(39-44-24(17)15-4-5-15)22-18(31)12-36-13-19(22)32)8-6-28(2,7-9-29)27-38-25(40-45-27)16-10-20(26(41)42)37-21(11-16)30(33,34)35/h10-13,15H,3-9,14H2,1-2H3,(H,41,42). The van der Waals surface area contributed by atoms with E-state index < -0.39 is 34.5 Å². The molecule has 0 aromatic carbocycles. The summed E-state index contributed by atoms with van der Waals surface area (Å²) in [6, 6.07) is 1.70. The lowest BCUT2D eigenvalue weighted by molar-refractivity contribution is -0.141. The molecule has 6 rings (SSSR count). The molecular weight excluding hydrogens is 638 g/mol. The molecule has 2 fully saturated rings. The van der Waals surface area contributed by atoms with Gasteiger partial charge in [0.2, 0.25) is 11.7 Å². The quantitative estimate of drug-likeness (QED) is 0.186. The lowest BCUT2D eigenvalue weighted by Crippen LogP contribution is -2.41. The molecule has 15 heteroatoms. The van der Waals surface area contributed by atoms with Crippen LogP contribution in [0.25, 0.3) is 22.6 Å². The highest BCUT2D eigenvalue weighted by atomic mass is 35.5. The number of carboxylic acid groups (broad SMARTS) is 1. The molecule has 0 aliphatic heterocycles. The summed E-state index contributed by atoms with van der Waals surface area (Å²) in [5.41, 5.74) is -1.44.